The maximum atomic E-state index is 6.13. The van der Waals surface area contributed by atoms with Crippen molar-refractivity contribution in [3.05, 3.63) is 29.8 Å². The van der Waals surface area contributed by atoms with Crippen LogP contribution in [0.25, 0.3) is 0 Å². The van der Waals surface area contributed by atoms with Crippen molar-refractivity contribution in [2.24, 2.45) is 11.3 Å². The lowest BCUT2D eigenvalue weighted by Gasteiger charge is -2.57. The van der Waals surface area contributed by atoms with Crippen LogP contribution in [-0.2, 0) is 16.0 Å². The Morgan fingerprint density at radius 1 is 1.08 bits per heavy atom. The van der Waals surface area contributed by atoms with E-state index in [-0.39, 0.29) is 0 Å². The van der Waals surface area contributed by atoms with Crippen LogP contribution >= 0.6 is 0 Å². The first-order valence-electron chi connectivity index (χ1n) is 10.1. The second-order valence-corrected chi connectivity index (χ2v) is 8.27. The number of morpholine rings is 1. The maximum absolute atomic E-state index is 6.13. The Bertz CT molecular complexity index is 608. The molecule has 1 aromatic carbocycles. The van der Waals surface area contributed by atoms with Crippen LogP contribution in [0.1, 0.15) is 37.7 Å². The molecule has 1 N–H and O–H groups in total. The number of hydrogen-bond donors (Lipinski definition) is 1. The molecule has 1 spiro atoms. The fourth-order valence-electron chi connectivity index (χ4n) is 6.00. The second kappa shape index (κ2) is 6.57. The number of benzene rings is 1. The van der Waals surface area contributed by atoms with E-state index in [0.29, 0.717) is 17.6 Å². The molecule has 2 aliphatic carbocycles. The van der Waals surface area contributed by atoms with E-state index >= 15 is 0 Å². The second-order valence-electron chi connectivity index (χ2n) is 8.27. The van der Waals surface area contributed by atoms with Crippen LogP contribution in [0, 0.1) is 11.3 Å². The van der Waals surface area contributed by atoms with Crippen molar-refractivity contribution in [1.82, 2.24) is 5.32 Å². The molecule has 1 aromatic rings. The maximum Gasteiger partial charge on any atom is 0.0690 e. The summed E-state index contributed by atoms with van der Waals surface area (Å²) in [5.74, 6) is 0.744. The molecule has 4 fully saturated rings. The smallest absolute Gasteiger partial charge is 0.0690 e. The van der Waals surface area contributed by atoms with E-state index in [4.69, 9.17) is 9.47 Å². The van der Waals surface area contributed by atoms with Gasteiger partial charge in [0.1, 0.15) is 0 Å². The van der Waals surface area contributed by atoms with Gasteiger partial charge in [0.2, 0.25) is 0 Å². The summed E-state index contributed by atoms with van der Waals surface area (Å²) in [4.78, 5) is 2.48. The normalized spacial score (nSPS) is 33.4. The van der Waals surface area contributed by atoms with Gasteiger partial charge in [0, 0.05) is 49.3 Å². The van der Waals surface area contributed by atoms with Gasteiger partial charge in [-0.1, -0.05) is 31.0 Å². The Labute approximate surface area is 150 Å². The molecule has 136 valence electrons. The first kappa shape index (κ1) is 16.1. The predicted molar refractivity (Wildman–Crippen MR) is 98.8 cm³/mol. The molecule has 0 radical (unpaired) electrons. The van der Waals surface area contributed by atoms with Crippen molar-refractivity contribution >= 4 is 5.69 Å². The third-order valence-corrected chi connectivity index (χ3v) is 7.14. The molecule has 0 unspecified atom stereocenters. The van der Waals surface area contributed by atoms with Crippen LogP contribution in [0.3, 0.4) is 0 Å². The van der Waals surface area contributed by atoms with E-state index in [1.54, 1.807) is 0 Å². The number of nitrogens with zero attached hydrogens (tertiary/aromatic N) is 1. The number of nitrogens with one attached hydrogen (secondary N) is 1. The molecule has 4 aliphatic rings. The summed E-state index contributed by atoms with van der Waals surface area (Å²) >= 11 is 0. The molecule has 0 aromatic heterocycles. The van der Waals surface area contributed by atoms with Gasteiger partial charge in [-0.05, 0) is 30.9 Å². The molecular weight excluding hydrogens is 312 g/mol. The third kappa shape index (κ3) is 2.61. The molecule has 4 heteroatoms. The van der Waals surface area contributed by atoms with Crippen LogP contribution in [-0.4, -0.2) is 45.1 Å². The first-order chi connectivity index (χ1) is 12.4. The fourth-order valence-corrected chi connectivity index (χ4v) is 6.00. The number of rotatable bonds is 4. The Kier molecular flexibility index (Phi) is 4.23. The van der Waals surface area contributed by atoms with E-state index < -0.39 is 0 Å². The lowest BCUT2D eigenvalue weighted by Crippen LogP contribution is -2.67. The third-order valence-electron chi connectivity index (χ3n) is 7.14. The van der Waals surface area contributed by atoms with Crippen molar-refractivity contribution < 1.29 is 9.47 Å². The van der Waals surface area contributed by atoms with Crippen LogP contribution in [0.4, 0.5) is 5.69 Å². The lowest BCUT2D eigenvalue weighted by molar-refractivity contribution is -0.130. The Balaban J connectivity index is 1.31. The van der Waals surface area contributed by atoms with Crippen LogP contribution in [0.5, 0.6) is 0 Å². The minimum Gasteiger partial charge on any atom is -0.378 e. The van der Waals surface area contributed by atoms with Gasteiger partial charge in [0.15, 0.2) is 0 Å². The average Bonchev–Trinajstić information content (AvgIpc) is 3.32. The SMILES string of the molecule is c1ccc(N2CCOCC2)c(CN[C@@H]2[C@@H]3CCO[C@H]3C23CCCC3)c1. The minimum atomic E-state index is 0.440. The van der Waals surface area contributed by atoms with Crippen molar-refractivity contribution in [2.45, 2.75) is 50.8 Å². The number of para-hydroxylation sites is 1. The largest absolute Gasteiger partial charge is 0.378 e. The van der Waals surface area contributed by atoms with Gasteiger partial charge in [0.05, 0.1) is 19.3 Å². The van der Waals surface area contributed by atoms with E-state index in [9.17, 15) is 0 Å². The fraction of sp³-hybridized carbons (Fsp3) is 0.714. The summed E-state index contributed by atoms with van der Waals surface area (Å²) in [5, 5.41) is 3.98. The van der Waals surface area contributed by atoms with E-state index in [2.05, 4.69) is 34.5 Å². The zero-order valence-electron chi connectivity index (χ0n) is 15.1. The molecule has 0 bridgehead atoms. The van der Waals surface area contributed by atoms with Crippen LogP contribution in [0.2, 0.25) is 0 Å². The Hall–Kier alpha value is -1.10. The molecule has 4 nitrogen and oxygen atoms in total. The van der Waals surface area contributed by atoms with Crippen molar-refractivity contribution in [3.63, 3.8) is 0 Å². The monoisotopic (exact) mass is 342 g/mol. The topological polar surface area (TPSA) is 33.7 Å². The van der Waals surface area contributed by atoms with E-state index in [0.717, 1.165) is 45.4 Å². The number of ether oxygens (including phenoxy) is 2. The number of hydrogen-bond acceptors (Lipinski definition) is 4. The van der Waals surface area contributed by atoms with E-state index in [1.807, 2.05) is 0 Å². The molecule has 2 aliphatic heterocycles. The van der Waals surface area contributed by atoms with Gasteiger partial charge in [0.25, 0.3) is 0 Å². The highest BCUT2D eigenvalue weighted by atomic mass is 16.5. The van der Waals surface area contributed by atoms with Gasteiger partial charge in [-0.25, -0.2) is 0 Å². The summed E-state index contributed by atoms with van der Waals surface area (Å²) < 4.78 is 11.7. The van der Waals surface area contributed by atoms with Crippen molar-refractivity contribution in [3.8, 4) is 0 Å². The van der Waals surface area contributed by atoms with Gasteiger partial charge >= 0.3 is 0 Å². The highest BCUT2D eigenvalue weighted by Crippen LogP contribution is 2.60. The average molecular weight is 342 g/mol. The minimum absolute atomic E-state index is 0.440. The number of anilines is 1. The number of fused-ring (bicyclic) bond motifs is 2. The molecule has 25 heavy (non-hydrogen) atoms. The lowest BCUT2D eigenvalue weighted by atomic mass is 9.54. The summed E-state index contributed by atoms with van der Waals surface area (Å²) in [7, 11) is 0. The Morgan fingerprint density at radius 3 is 2.72 bits per heavy atom. The zero-order valence-corrected chi connectivity index (χ0v) is 15.1. The molecule has 2 heterocycles. The highest BCUT2D eigenvalue weighted by molar-refractivity contribution is 5.54. The summed E-state index contributed by atoms with van der Waals surface area (Å²) in [6.45, 7) is 5.64. The first-order valence-corrected chi connectivity index (χ1v) is 10.1. The highest BCUT2D eigenvalue weighted by Gasteiger charge is 2.64. The summed E-state index contributed by atoms with van der Waals surface area (Å²) in [6.07, 6.45) is 7.27. The van der Waals surface area contributed by atoms with Gasteiger partial charge in [-0.2, -0.15) is 0 Å². The molecule has 3 atom stereocenters. The standard InChI is InChI=1S/C21H30N2O2/c1-2-6-18(23-10-13-24-14-11-23)16(5-1)15-22-19-17-7-12-25-20(17)21(19)8-3-4-9-21/h1-2,5-6,17,19-20,22H,3-4,7-15H2/t17-,19+,20+/m0/s1. The van der Waals surface area contributed by atoms with Gasteiger partial charge < -0.3 is 19.7 Å². The van der Waals surface area contributed by atoms with Crippen molar-refractivity contribution in [1.29, 1.82) is 0 Å². The molecule has 2 saturated carbocycles. The molecule has 2 saturated heterocycles. The van der Waals surface area contributed by atoms with Crippen molar-refractivity contribution in [2.75, 3.05) is 37.8 Å². The molecule has 5 rings (SSSR count). The van der Waals surface area contributed by atoms with Gasteiger partial charge in [-0.15, -0.1) is 0 Å². The van der Waals surface area contributed by atoms with E-state index in [1.165, 1.54) is 43.4 Å². The van der Waals surface area contributed by atoms with Crippen LogP contribution < -0.4 is 10.2 Å². The summed E-state index contributed by atoms with van der Waals surface area (Å²) in [6, 6.07) is 9.56. The van der Waals surface area contributed by atoms with Crippen LogP contribution in [0.15, 0.2) is 24.3 Å². The zero-order chi connectivity index (χ0) is 16.7. The molecular formula is C21H30N2O2. The predicted octanol–water partition coefficient (Wildman–Crippen LogP) is 2.96. The summed E-state index contributed by atoms with van der Waals surface area (Å²) in [5.41, 5.74) is 3.26. The Morgan fingerprint density at radius 2 is 1.88 bits per heavy atom. The molecule has 0 amide bonds. The van der Waals surface area contributed by atoms with Gasteiger partial charge in [-0.3, -0.25) is 0 Å². The quantitative estimate of drug-likeness (QED) is 0.912.